The van der Waals surface area contributed by atoms with Crippen LogP contribution in [0, 0.1) is 23.5 Å². The molecule has 1 unspecified atom stereocenters. The molecular formula is C32H29F2N4O8+. The van der Waals surface area contributed by atoms with Crippen LogP contribution in [-0.2, 0) is 9.57 Å². The molecule has 46 heavy (non-hydrogen) atoms. The highest BCUT2D eigenvalue weighted by molar-refractivity contribution is 5.96. The van der Waals surface area contributed by atoms with E-state index in [1.54, 1.807) is 26.0 Å². The summed E-state index contributed by atoms with van der Waals surface area (Å²) in [5, 5.41) is 4.25. The van der Waals surface area contributed by atoms with E-state index in [2.05, 4.69) is 9.94 Å². The van der Waals surface area contributed by atoms with Crippen LogP contribution in [0.1, 0.15) is 46.1 Å². The number of ether oxygens (including phenoxy) is 3. The highest BCUT2D eigenvalue weighted by Crippen LogP contribution is 2.40. The molecule has 0 aliphatic carbocycles. The molecule has 0 saturated carbocycles. The third-order valence-electron chi connectivity index (χ3n) is 7.47. The van der Waals surface area contributed by atoms with Gasteiger partial charge in [-0.25, -0.2) is 18.4 Å². The van der Waals surface area contributed by atoms with E-state index < -0.39 is 53.6 Å². The summed E-state index contributed by atoms with van der Waals surface area (Å²) in [4.78, 5) is 57.0. The van der Waals surface area contributed by atoms with Gasteiger partial charge in [-0.15, -0.1) is 0 Å². The monoisotopic (exact) mass is 635 g/mol. The van der Waals surface area contributed by atoms with E-state index in [0.717, 1.165) is 6.20 Å². The number of halogens is 2. The third kappa shape index (κ3) is 6.55. The van der Waals surface area contributed by atoms with E-state index in [-0.39, 0.29) is 35.1 Å². The molecule has 12 nitrogen and oxygen atoms in total. The highest BCUT2D eigenvalue weighted by atomic mass is 19.1. The molecule has 14 heteroatoms. The van der Waals surface area contributed by atoms with Crippen molar-refractivity contribution in [1.82, 2.24) is 14.7 Å². The Kier molecular flexibility index (Phi) is 9.35. The molecule has 238 valence electrons. The molecule has 2 heterocycles. The SMILES string of the molecule is CCN1CC(C(c2cccc(F)c2)c2cccc(F)c2)n2ncc(=O)c(OCOC(=O)Oc3ccc([N+](=O)OC)cc3C)c2C1=O. The smallest absolute Gasteiger partial charge is 0.451 e. The Balaban J connectivity index is 1.44. The maximum Gasteiger partial charge on any atom is 0.516 e. The lowest BCUT2D eigenvalue weighted by molar-refractivity contribution is -0.736. The molecule has 0 radical (unpaired) electrons. The lowest BCUT2D eigenvalue weighted by Gasteiger charge is -2.39. The first kappa shape index (κ1) is 31.8. The number of carbonyl (C=O) groups is 2. The average Bonchev–Trinajstić information content (AvgIpc) is 3.03. The van der Waals surface area contributed by atoms with Gasteiger partial charge in [0.25, 0.3) is 10.8 Å². The summed E-state index contributed by atoms with van der Waals surface area (Å²) in [5.74, 6) is -2.62. The van der Waals surface area contributed by atoms with Crippen molar-refractivity contribution in [2.75, 3.05) is 27.0 Å². The van der Waals surface area contributed by atoms with Crippen LogP contribution in [0.15, 0.2) is 77.7 Å². The summed E-state index contributed by atoms with van der Waals surface area (Å²) in [6.07, 6.45) is -0.224. The number of nitrogens with zero attached hydrogens (tertiary/aromatic N) is 4. The van der Waals surface area contributed by atoms with E-state index in [4.69, 9.17) is 14.2 Å². The molecule has 0 N–H and O–H groups in total. The third-order valence-corrected chi connectivity index (χ3v) is 7.47. The number of amides is 1. The van der Waals surface area contributed by atoms with Gasteiger partial charge in [0.1, 0.15) is 17.4 Å². The Bertz CT molecular complexity index is 1820. The van der Waals surface area contributed by atoms with Crippen molar-refractivity contribution in [3.8, 4) is 11.5 Å². The lowest BCUT2D eigenvalue weighted by atomic mass is 9.83. The van der Waals surface area contributed by atoms with Gasteiger partial charge < -0.3 is 19.1 Å². The van der Waals surface area contributed by atoms with Crippen molar-refractivity contribution in [2.45, 2.75) is 25.8 Å². The average molecular weight is 636 g/mol. The predicted octanol–water partition coefficient (Wildman–Crippen LogP) is 5.20. The van der Waals surface area contributed by atoms with Crippen LogP contribution in [0.5, 0.6) is 11.5 Å². The first-order valence-corrected chi connectivity index (χ1v) is 14.1. The molecule has 1 aromatic heterocycles. The summed E-state index contributed by atoms with van der Waals surface area (Å²) >= 11 is 0. The molecule has 1 aliphatic rings. The molecule has 0 spiro atoms. The van der Waals surface area contributed by atoms with E-state index >= 15 is 0 Å². The van der Waals surface area contributed by atoms with Crippen LogP contribution in [0.2, 0.25) is 0 Å². The van der Waals surface area contributed by atoms with Crippen molar-refractivity contribution in [3.63, 3.8) is 0 Å². The fourth-order valence-corrected chi connectivity index (χ4v) is 5.35. The van der Waals surface area contributed by atoms with Gasteiger partial charge >= 0.3 is 11.8 Å². The molecule has 4 aromatic rings. The largest absolute Gasteiger partial charge is 0.516 e. The molecule has 1 atom stereocenters. The summed E-state index contributed by atoms with van der Waals surface area (Å²) in [6, 6.07) is 15.1. The Morgan fingerprint density at radius 2 is 1.72 bits per heavy atom. The second-order valence-corrected chi connectivity index (χ2v) is 10.3. The number of rotatable bonds is 10. The number of carbonyl (C=O) groups excluding carboxylic acids is 2. The Hall–Kier alpha value is -5.66. The number of fused-ring (bicyclic) bond motifs is 1. The van der Waals surface area contributed by atoms with Gasteiger partial charge in [-0.2, -0.15) is 5.10 Å². The quantitative estimate of drug-likeness (QED) is 0.0999. The topological polar surface area (TPSA) is 129 Å². The van der Waals surface area contributed by atoms with Gasteiger partial charge in [0.2, 0.25) is 18.0 Å². The molecule has 5 rings (SSSR count). The minimum atomic E-state index is -1.18. The van der Waals surface area contributed by atoms with Gasteiger partial charge in [0.15, 0.2) is 12.8 Å². The molecule has 0 bridgehead atoms. The van der Waals surface area contributed by atoms with Crippen molar-refractivity contribution in [1.29, 1.82) is 0 Å². The van der Waals surface area contributed by atoms with Gasteiger partial charge in [0, 0.05) is 31.1 Å². The van der Waals surface area contributed by atoms with E-state index in [9.17, 15) is 28.1 Å². The standard InChI is InChI=1S/C32H29F2N4O8/c1-4-36-17-25(28(20-7-5-9-22(33)14-20)21-8-6-10-23(34)15-21)37-29(31(36)40)30(26(39)16-35-37)44-18-45-32(41)46-27-12-11-24(13-19(27)2)38(42)43-3/h5-16,25,28H,4,17-18H2,1-3H3/q+1. The maximum atomic E-state index is 14.4. The summed E-state index contributed by atoms with van der Waals surface area (Å²) in [5.41, 5.74) is 0.620. The van der Waals surface area contributed by atoms with Crippen LogP contribution in [-0.4, -0.2) is 58.7 Å². The van der Waals surface area contributed by atoms with E-state index in [1.807, 2.05) is 0 Å². The fourth-order valence-electron chi connectivity index (χ4n) is 5.35. The molecule has 3 aromatic carbocycles. The maximum absolute atomic E-state index is 14.4. The van der Waals surface area contributed by atoms with Gasteiger partial charge in [-0.05, 0) is 60.9 Å². The molecule has 1 aliphatic heterocycles. The minimum Gasteiger partial charge on any atom is -0.451 e. The molecule has 1 amide bonds. The van der Waals surface area contributed by atoms with Crippen molar-refractivity contribution in [3.05, 3.63) is 122 Å². The Morgan fingerprint density at radius 1 is 1.04 bits per heavy atom. The fraction of sp³-hybridized carbons (Fsp3) is 0.250. The predicted molar refractivity (Wildman–Crippen MR) is 158 cm³/mol. The number of likely N-dealkylation sites (N-methyl/N-ethyl adjacent to an activating group) is 1. The van der Waals surface area contributed by atoms with E-state index in [0.29, 0.717) is 16.7 Å². The number of benzene rings is 3. The van der Waals surface area contributed by atoms with Crippen LogP contribution in [0.25, 0.3) is 0 Å². The summed E-state index contributed by atoms with van der Waals surface area (Å²) in [6.45, 7) is 2.88. The number of hydrogen-bond acceptors (Lipinski definition) is 9. The second-order valence-electron chi connectivity index (χ2n) is 10.3. The second kappa shape index (κ2) is 13.5. The Labute approximate surface area is 261 Å². The van der Waals surface area contributed by atoms with Crippen LogP contribution >= 0.6 is 0 Å². The zero-order chi connectivity index (χ0) is 33.0. The summed E-state index contributed by atoms with van der Waals surface area (Å²) in [7, 11) is 1.20. The van der Waals surface area contributed by atoms with Crippen molar-refractivity contribution >= 4 is 17.7 Å². The number of hydrogen-bond donors (Lipinski definition) is 0. The molecule has 0 saturated heterocycles. The van der Waals surface area contributed by atoms with Crippen LogP contribution in [0.3, 0.4) is 0 Å². The number of aromatic nitrogens is 2. The van der Waals surface area contributed by atoms with E-state index in [1.165, 1.54) is 71.3 Å². The molecular weight excluding hydrogens is 606 g/mol. The summed E-state index contributed by atoms with van der Waals surface area (Å²) < 4.78 is 46.0. The minimum absolute atomic E-state index is 0.0944. The first-order chi connectivity index (χ1) is 22.1. The van der Waals surface area contributed by atoms with Gasteiger partial charge in [-0.1, -0.05) is 24.3 Å². The zero-order valence-electron chi connectivity index (χ0n) is 25.0. The van der Waals surface area contributed by atoms with Crippen molar-refractivity contribution in [2.24, 2.45) is 0 Å². The first-order valence-electron chi connectivity index (χ1n) is 14.1. The van der Waals surface area contributed by atoms with Crippen LogP contribution < -0.4 is 14.9 Å². The lowest BCUT2D eigenvalue weighted by Crippen LogP contribution is -2.47. The Morgan fingerprint density at radius 3 is 2.30 bits per heavy atom. The highest BCUT2D eigenvalue weighted by Gasteiger charge is 2.40. The zero-order valence-corrected chi connectivity index (χ0v) is 25.0. The normalized spacial score (nSPS) is 14.1. The van der Waals surface area contributed by atoms with Crippen LogP contribution in [0.4, 0.5) is 19.3 Å². The van der Waals surface area contributed by atoms with Gasteiger partial charge in [0.05, 0.1) is 17.1 Å². The van der Waals surface area contributed by atoms with Gasteiger partial charge in [-0.3, -0.25) is 14.3 Å². The molecule has 0 fully saturated rings. The number of aryl methyl sites for hydroxylation is 1. The van der Waals surface area contributed by atoms with Crippen molar-refractivity contribution < 1.29 is 42.3 Å².